The van der Waals surface area contributed by atoms with Crippen LogP contribution in [0.5, 0.6) is 0 Å². The molecule has 1 aromatic heterocycles. The number of fused-ring (bicyclic) bond motifs is 1. The van der Waals surface area contributed by atoms with Gasteiger partial charge in [-0.15, -0.1) is 0 Å². The van der Waals surface area contributed by atoms with E-state index in [1.165, 1.54) is 0 Å². The number of nitrogens with two attached hydrogens (primary N) is 1. The Morgan fingerprint density at radius 3 is 2.79 bits per heavy atom. The Bertz CT molecular complexity index is 506. The summed E-state index contributed by atoms with van der Waals surface area (Å²) in [6.45, 7) is 1.99. The molecule has 0 saturated heterocycles. The third kappa shape index (κ3) is 1.23. The second-order valence-corrected chi connectivity index (χ2v) is 3.19. The van der Waals surface area contributed by atoms with Gasteiger partial charge in [0.2, 0.25) is 0 Å². The van der Waals surface area contributed by atoms with Gasteiger partial charge in [-0.25, -0.2) is 0 Å². The van der Waals surface area contributed by atoms with E-state index in [0.29, 0.717) is 5.69 Å². The highest BCUT2D eigenvalue weighted by Crippen LogP contribution is 2.19. The first-order valence-electron chi connectivity index (χ1n) is 4.34. The number of carbonyl (C=O) groups is 1. The summed E-state index contributed by atoms with van der Waals surface area (Å²) in [4.78, 5) is 15.1. The number of carbonyl (C=O) groups excluding carboxylic acids is 1. The number of pyridine rings is 1. The van der Waals surface area contributed by atoms with Crippen LogP contribution >= 0.6 is 0 Å². The zero-order chi connectivity index (χ0) is 10.1. The number of hydrogen-bond acceptors (Lipinski definition) is 2. The third-order valence-electron chi connectivity index (χ3n) is 2.26. The van der Waals surface area contributed by atoms with E-state index >= 15 is 0 Å². The predicted octanol–water partition coefficient (Wildman–Crippen LogP) is 1.64. The Hall–Kier alpha value is -1.90. The average molecular weight is 186 g/mol. The Kier molecular flexibility index (Phi) is 1.93. The molecule has 3 heteroatoms. The van der Waals surface area contributed by atoms with Crippen LogP contribution in [0.15, 0.2) is 30.5 Å². The fraction of sp³-hybridized carbons (Fsp3) is 0.0909. The van der Waals surface area contributed by atoms with Crippen molar-refractivity contribution in [3.8, 4) is 0 Å². The summed E-state index contributed by atoms with van der Waals surface area (Å²) < 4.78 is 0. The molecule has 0 unspecified atom stereocenters. The van der Waals surface area contributed by atoms with Crippen molar-refractivity contribution in [3.05, 3.63) is 41.7 Å². The highest BCUT2D eigenvalue weighted by molar-refractivity contribution is 6.05. The highest BCUT2D eigenvalue weighted by Gasteiger charge is 2.07. The van der Waals surface area contributed by atoms with Crippen molar-refractivity contribution in [2.75, 3.05) is 0 Å². The molecule has 0 fully saturated rings. The van der Waals surface area contributed by atoms with Crippen LogP contribution in [0.3, 0.4) is 0 Å². The molecule has 0 spiro atoms. The van der Waals surface area contributed by atoms with Crippen LogP contribution in [0.2, 0.25) is 0 Å². The lowest BCUT2D eigenvalue weighted by atomic mass is 10.1. The number of primary amides is 1. The largest absolute Gasteiger partial charge is 0.364 e. The second-order valence-electron chi connectivity index (χ2n) is 3.19. The van der Waals surface area contributed by atoms with E-state index in [2.05, 4.69) is 4.98 Å². The molecule has 1 amide bonds. The standard InChI is InChI=1S/C11H10N2O/c1-7-3-2-4-9-8(7)5-6-13-10(9)11(12)14/h2-6H,1H3,(H2,12,14). The lowest BCUT2D eigenvalue weighted by Crippen LogP contribution is -2.13. The van der Waals surface area contributed by atoms with Gasteiger partial charge in [0, 0.05) is 11.6 Å². The molecule has 14 heavy (non-hydrogen) atoms. The van der Waals surface area contributed by atoms with Gasteiger partial charge in [-0.1, -0.05) is 18.2 Å². The van der Waals surface area contributed by atoms with Crippen LogP contribution < -0.4 is 5.73 Å². The molecule has 0 atom stereocenters. The van der Waals surface area contributed by atoms with Crippen molar-refractivity contribution in [3.63, 3.8) is 0 Å². The minimum Gasteiger partial charge on any atom is -0.364 e. The van der Waals surface area contributed by atoms with Crippen LogP contribution in [0, 0.1) is 6.92 Å². The molecule has 0 aliphatic heterocycles. The first-order valence-corrected chi connectivity index (χ1v) is 4.34. The summed E-state index contributed by atoms with van der Waals surface area (Å²) in [5.41, 5.74) is 6.69. The summed E-state index contributed by atoms with van der Waals surface area (Å²) in [6.07, 6.45) is 1.61. The van der Waals surface area contributed by atoms with Crippen LogP contribution in [0.4, 0.5) is 0 Å². The molecular weight excluding hydrogens is 176 g/mol. The third-order valence-corrected chi connectivity index (χ3v) is 2.26. The van der Waals surface area contributed by atoms with Gasteiger partial charge < -0.3 is 5.73 Å². The Morgan fingerprint density at radius 2 is 2.07 bits per heavy atom. The van der Waals surface area contributed by atoms with Crippen LogP contribution in [0.1, 0.15) is 16.1 Å². The molecule has 2 rings (SSSR count). The molecule has 0 radical (unpaired) electrons. The van der Waals surface area contributed by atoms with E-state index < -0.39 is 5.91 Å². The van der Waals surface area contributed by atoms with Gasteiger partial charge in [0.05, 0.1) is 0 Å². The van der Waals surface area contributed by atoms with Crippen molar-refractivity contribution in [1.29, 1.82) is 0 Å². The highest BCUT2D eigenvalue weighted by atomic mass is 16.1. The monoisotopic (exact) mass is 186 g/mol. The van der Waals surface area contributed by atoms with Crippen molar-refractivity contribution in [2.45, 2.75) is 6.92 Å². The van der Waals surface area contributed by atoms with Gasteiger partial charge in [0.15, 0.2) is 0 Å². The first kappa shape index (κ1) is 8.69. The van der Waals surface area contributed by atoms with Gasteiger partial charge >= 0.3 is 0 Å². The zero-order valence-corrected chi connectivity index (χ0v) is 7.82. The average Bonchev–Trinajstić information content (AvgIpc) is 2.17. The maximum Gasteiger partial charge on any atom is 0.267 e. The normalized spacial score (nSPS) is 10.4. The topological polar surface area (TPSA) is 56.0 Å². The molecule has 0 aliphatic carbocycles. The number of hydrogen-bond donors (Lipinski definition) is 1. The van der Waals surface area contributed by atoms with E-state index in [1.54, 1.807) is 6.20 Å². The molecule has 70 valence electrons. The Labute approximate surface area is 81.6 Å². The first-order chi connectivity index (χ1) is 6.70. The summed E-state index contributed by atoms with van der Waals surface area (Å²) in [6, 6.07) is 7.63. The summed E-state index contributed by atoms with van der Waals surface area (Å²) in [5.74, 6) is -0.485. The van der Waals surface area contributed by atoms with E-state index in [0.717, 1.165) is 16.3 Å². The number of benzene rings is 1. The number of rotatable bonds is 1. The fourth-order valence-electron chi connectivity index (χ4n) is 1.56. The van der Waals surface area contributed by atoms with Crippen LogP contribution in [0.25, 0.3) is 10.8 Å². The van der Waals surface area contributed by atoms with Gasteiger partial charge in [-0.05, 0) is 23.9 Å². The lowest BCUT2D eigenvalue weighted by Gasteiger charge is -2.03. The van der Waals surface area contributed by atoms with E-state index in [4.69, 9.17) is 5.73 Å². The number of aromatic nitrogens is 1. The molecule has 1 heterocycles. The summed E-state index contributed by atoms with van der Waals surface area (Å²) in [5, 5.41) is 1.84. The van der Waals surface area contributed by atoms with Crippen LogP contribution in [-0.4, -0.2) is 10.9 Å². The number of nitrogens with zero attached hydrogens (tertiary/aromatic N) is 1. The lowest BCUT2D eigenvalue weighted by molar-refractivity contribution is 0.0997. The van der Waals surface area contributed by atoms with Gasteiger partial charge in [0.1, 0.15) is 5.69 Å². The number of amides is 1. The van der Waals surface area contributed by atoms with Gasteiger partial charge in [-0.3, -0.25) is 9.78 Å². The van der Waals surface area contributed by atoms with Crippen molar-refractivity contribution < 1.29 is 4.79 Å². The molecule has 1 aromatic carbocycles. The molecule has 0 aliphatic rings. The molecule has 3 nitrogen and oxygen atoms in total. The Balaban J connectivity index is 2.88. The molecule has 0 saturated carbocycles. The van der Waals surface area contributed by atoms with Crippen molar-refractivity contribution in [2.24, 2.45) is 5.73 Å². The van der Waals surface area contributed by atoms with E-state index in [-0.39, 0.29) is 0 Å². The summed E-state index contributed by atoms with van der Waals surface area (Å²) in [7, 11) is 0. The maximum absolute atomic E-state index is 11.1. The van der Waals surface area contributed by atoms with Crippen molar-refractivity contribution in [1.82, 2.24) is 4.98 Å². The van der Waals surface area contributed by atoms with E-state index in [9.17, 15) is 4.79 Å². The van der Waals surface area contributed by atoms with Crippen LogP contribution in [-0.2, 0) is 0 Å². The predicted molar refractivity (Wildman–Crippen MR) is 55.0 cm³/mol. The quantitative estimate of drug-likeness (QED) is 0.736. The SMILES string of the molecule is Cc1cccc2c(C(N)=O)nccc12. The number of aryl methyl sites for hydroxylation is 1. The van der Waals surface area contributed by atoms with Gasteiger partial charge in [-0.2, -0.15) is 0 Å². The zero-order valence-electron chi connectivity index (χ0n) is 7.82. The smallest absolute Gasteiger partial charge is 0.267 e. The molecule has 2 aromatic rings. The fourth-order valence-corrected chi connectivity index (χ4v) is 1.56. The second kappa shape index (κ2) is 3.10. The van der Waals surface area contributed by atoms with Gasteiger partial charge in [0.25, 0.3) is 5.91 Å². The minimum absolute atomic E-state index is 0.339. The molecule has 0 bridgehead atoms. The Morgan fingerprint density at radius 1 is 1.29 bits per heavy atom. The van der Waals surface area contributed by atoms with Crippen molar-refractivity contribution >= 4 is 16.7 Å². The van der Waals surface area contributed by atoms with E-state index in [1.807, 2.05) is 31.2 Å². The molecular formula is C11H10N2O. The maximum atomic E-state index is 11.1. The summed E-state index contributed by atoms with van der Waals surface area (Å²) >= 11 is 0. The minimum atomic E-state index is -0.485. The molecule has 2 N–H and O–H groups in total.